The molecule has 2 aromatic rings. The second kappa shape index (κ2) is 2.85. The molecule has 0 aliphatic heterocycles. The summed E-state index contributed by atoms with van der Waals surface area (Å²) in [6.07, 6.45) is 1.74. The third-order valence-corrected chi connectivity index (χ3v) is 2.23. The van der Waals surface area contributed by atoms with Gasteiger partial charge in [0, 0.05) is 15.2 Å². The van der Waals surface area contributed by atoms with Crippen LogP contribution in [0.25, 0.3) is 10.9 Å². The minimum Gasteiger partial charge on any atom is -0.368 e. The number of aromatic nitrogens is 2. The maximum atomic E-state index is 5.44. The molecule has 0 radical (unpaired) electrons. The monoisotopic (exact) mass is 271 g/mol. The van der Waals surface area contributed by atoms with Gasteiger partial charge in [0.1, 0.15) is 0 Å². The van der Waals surface area contributed by atoms with Crippen LogP contribution in [0.1, 0.15) is 0 Å². The van der Waals surface area contributed by atoms with Crippen molar-refractivity contribution in [2.75, 3.05) is 5.73 Å². The Bertz CT molecular complexity index is 386. The van der Waals surface area contributed by atoms with Crippen LogP contribution in [0.15, 0.2) is 24.4 Å². The Hall–Kier alpha value is -0.910. The molecule has 0 fully saturated rings. The molecule has 0 spiro atoms. The Morgan fingerprint density at radius 1 is 1.33 bits per heavy atom. The van der Waals surface area contributed by atoms with Crippen LogP contribution in [-0.2, 0) is 0 Å². The molecule has 1 aromatic carbocycles. The van der Waals surface area contributed by atoms with Gasteiger partial charge in [-0.2, -0.15) is 0 Å². The first-order valence-corrected chi connectivity index (χ1v) is 4.51. The van der Waals surface area contributed by atoms with Gasteiger partial charge < -0.3 is 5.73 Å². The Morgan fingerprint density at radius 2 is 2.17 bits per heavy atom. The van der Waals surface area contributed by atoms with Gasteiger partial charge in [-0.25, -0.2) is 9.97 Å². The van der Waals surface area contributed by atoms with Crippen molar-refractivity contribution < 1.29 is 0 Å². The molecule has 2 rings (SSSR count). The van der Waals surface area contributed by atoms with Crippen LogP contribution in [0.4, 0.5) is 5.95 Å². The van der Waals surface area contributed by atoms with E-state index < -0.39 is 0 Å². The topological polar surface area (TPSA) is 51.8 Å². The molecule has 0 amide bonds. The largest absolute Gasteiger partial charge is 0.368 e. The summed E-state index contributed by atoms with van der Waals surface area (Å²) in [5.41, 5.74) is 6.33. The molecule has 0 aliphatic carbocycles. The molecule has 60 valence electrons. The van der Waals surface area contributed by atoms with E-state index in [1.54, 1.807) is 6.20 Å². The van der Waals surface area contributed by atoms with Crippen molar-refractivity contribution in [3.63, 3.8) is 0 Å². The quantitative estimate of drug-likeness (QED) is 0.743. The van der Waals surface area contributed by atoms with Gasteiger partial charge in [0.25, 0.3) is 0 Å². The number of anilines is 1. The van der Waals surface area contributed by atoms with Crippen molar-refractivity contribution in [3.8, 4) is 0 Å². The maximum Gasteiger partial charge on any atom is 0.220 e. The second-order valence-electron chi connectivity index (χ2n) is 2.43. The first-order chi connectivity index (χ1) is 5.75. The lowest BCUT2D eigenvalue weighted by atomic mass is 10.2. The maximum absolute atomic E-state index is 5.44. The van der Waals surface area contributed by atoms with Crippen LogP contribution in [-0.4, -0.2) is 9.97 Å². The molecule has 0 saturated heterocycles. The fourth-order valence-electron chi connectivity index (χ4n) is 1.02. The third kappa shape index (κ3) is 1.34. The Labute approximate surface area is 83.2 Å². The van der Waals surface area contributed by atoms with Crippen molar-refractivity contribution in [1.29, 1.82) is 0 Å². The number of hydrogen-bond acceptors (Lipinski definition) is 3. The zero-order valence-electron chi connectivity index (χ0n) is 6.16. The summed E-state index contributed by atoms with van der Waals surface area (Å²) in [4.78, 5) is 7.99. The van der Waals surface area contributed by atoms with E-state index in [1.807, 2.05) is 18.2 Å². The molecular weight excluding hydrogens is 265 g/mol. The van der Waals surface area contributed by atoms with Crippen LogP contribution in [0.5, 0.6) is 0 Å². The standard InChI is InChI=1S/C8H6IN3/c9-6-1-2-7-5(3-6)4-11-8(10)12-7/h1-4H,(H2,10,11,12). The fraction of sp³-hybridized carbons (Fsp3) is 0. The van der Waals surface area contributed by atoms with Crippen LogP contribution in [0, 0.1) is 3.57 Å². The molecule has 0 unspecified atom stereocenters. The van der Waals surface area contributed by atoms with E-state index in [0.717, 1.165) is 10.9 Å². The number of nitrogen functional groups attached to an aromatic ring is 1. The molecule has 0 atom stereocenters. The normalized spacial score (nSPS) is 10.4. The highest BCUT2D eigenvalue weighted by Gasteiger charge is 1.96. The SMILES string of the molecule is Nc1ncc2cc(I)ccc2n1. The predicted octanol–water partition coefficient (Wildman–Crippen LogP) is 1.82. The summed E-state index contributed by atoms with van der Waals surface area (Å²) in [6, 6.07) is 5.96. The average molecular weight is 271 g/mol. The highest BCUT2D eigenvalue weighted by molar-refractivity contribution is 14.1. The summed E-state index contributed by atoms with van der Waals surface area (Å²) in [6.45, 7) is 0. The summed E-state index contributed by atoms with van der Waals surface area (Å²) in [5, 5.41) is 1.02. The molecule has 12 heavy (non-hydrogen) atoms. The van der Waals surface area contributed by atoms with Gasteiger partial charge in [0.2, 0.25) is 5.95 Å². The zero-order chi connectivity index (χ0) is 8.55. The molecule has 1 aromatic heterocycles. The average Bonchev–Trinajstić information content (AvgIpc) is 2.05. The van der Waals surface area contributed by atoms with Crippen LogP contribution in [0.2, 0.25) is 0 Å². The number of halogens is 1. The molecule has 0 bridgehead atoms. The van der Waals surface area contributed by atoms with Crippen molar-refractivity contribution >= 4 is 39.4 Å². The zero-order valence-corrected chi connectivity index (χ0v) is 8.32. The third-order valence-electron chi connectivity index (χ3n) is 1.56. The van der Waals surface area contributed by atoms with Gasteiger partial charge in [-0.05, 0) is 40.8 Å². The van der Waals surface area contributed by atoms with E-state index in [2.05, 4.69) is 32.6 Å². The highest BCUT2D eigenvalue weighted by Crippen LogP contribution is 2.14. The molecular formula is C8H6IN3. The summed E-state index contributed by atoms with van der Waals surface area (Å²) < 4.78 is 1.17. The Balaban J connectivity index is 2.79. The molecule has 4 heteroatoms. The van der Waals surface area contributed by atoms with Gasteiger partial charge in [0.15, 0.2) is 0 Å². The van der Waals surface area contributed by atoms with Gasteiger partial charge in [0.05, 0.1) is 5.52 Å². The number of hydrogen-bond donors (Lipinski definition) is 1. The van der Waals surface area contributed by atoms with Crippen molar-refractivity contribution in [3.05, 3.63) is 28.0 Å². The van der Waals surface area contributed by atoms with Crippen LogP contribution in [0.3, 0.4) is 0 Å². The fourth-order valence-corrected chi connectivity index (χ4v) is 1.53. The summed E-state index contributed by atoms with van der Waals surface area (Å²) >= 11 is 2.25. The van der Waals surface area contributed by atoms with Crippen molar-refractivity contribution in [2.24, 2.45) is 0 Å². The van der Waals surface area contributed by atoms with Crippen LogP contribution < -0.4 is 5.73 Å². The molecule has 0 aliphatic rings. The van der Waals surface area contributed by atoms with E-state index in [9.17, 15) is 0 Å². The van der Waals surface area contributed by atoms with E-state index in [-0.39, 0.29) is 0 Å². The summed E-state index contributed by atoms with van der Waals surface area (Å²) in [7, 11) is 0. The Morgan fingerprint density at radius 3 is 3.00 bits per heavy atom. The van der Waals surface area contributed by atoms with Gasteiger partial charge in [-0.15, -0.1) is 0 Å². The first kappa shape index (κ1) is 7.72. The first-order valence-electron chi connectivity index (χ1n) is 3.43. The van der Waals surface area contributed by atoms with Crippen molar-refractivity contribution in [1.82, 2.24) is 9.97 Å². The van der Waals surface area contributed by atoms with E-state index in [1.165, 1.54) is 3.57 Å². The second-order valence-corrected chi connectivity index (χ2v) is 3.68. The lowest BCUT2D eigenvalue weighted by molar-refractivity contribution is 1.24. The minimum absolute atomic E-state index is 0.323. The number of nitrogens with zero attached hydrogens (tertiary/aromatic N) is 2. The van der Waals surface area contributed by atoms with Gasteiger partial charge in [-0.3, -0.25) is 0 Å². The smallest absolute Gasteiger partial charge is 0.220 e. The predicted molar refractivity (Wildman–Crippen MR) is 56.7 cm³/mol. The molecule has 0 saturated carbocycles. The van der Waals surface area contributed by atoms with Crippen molar-refractivity contribution in [2.45, 2.75) is 0 Å². The highest BCUT2D eigenvalue weighted by atomic mass is 127. The lowest BCUT2D eigenvalue weighted by Crippen LogP contribution is -1.93. The molecule has 2 N–H and O–H groups in total. The lowest BCUT2D eigenvalue weighted by Gasteiger charge is -1.97. The van der Waals surface area contributed by atoms with Gasteiger partial charge >= 0.3 is 0 Å². The summed E-state index contributed by atoms with van der Waals surface area (Å²) in [5.74, 6) is 0.323. The van der Waals surface area contributed by atoms with E-state index >= 15 is 0 Å². The number of nitrogens with two attached hydrogens (primary N) is 1. The van der Waals surface area contributed by atoms with E-state index in [0.29, 0.717) is 5.95 Å². The number of benzene rings is 1. The number of rotatable bonds is 0. The molecule has 3 nitrogen and oxygen atoms in total. The minimum atomic E-state index is 0.323. The number of fused-ring (bicyclic) bond motifs is 1. The van der Waals surface area contributed by atoms with E-state index in [4.69, 9.17) is 5.73 Å². The molecule has 1 heterocycles. The Kier molecular flexibility index (Phi) is 1.84. The van der Waals surface area contributed by atoms with Crippen LogP contribution >= 0.6 is 22.6 Å². The van der Waals surface area contributed by atoms with Gasteiger partial charge in [-0.1, -0.05) is 0 Å².